The average Bonchev–Trinajstić information content (AvgIpc) is 2.87. The second kappa shape index (κ2) is 9.04. The number of nitrogens with one attached hydrogen (secondary N) is 2. The lowest BCUT2D eigenvalue weighted by atomic mass is 9.96. The summed E-state index contributed by atoms with van der Waals surface area (Å²) in [5.41, 5.74) is -0.610. The van der Waals surface area contributed by atoms with Crippen LogP contribution < -0.4 is 5.32 Å². The van der Waals surface area contributed by atoms with Crippen LogP contribution in [0.2, 0.25) is 0 Å². The minimum Gasteiger partial charge on any atom is -0.465 e. The van der Waals surface area contributed by atoms with Gasteiger partial charge in [-0.3, -0.25) is 9.89 Å². The van der Waals surface area contributed by atoms with Crippen LogP contribution in [0.5, 0.6) is 0 Å². The number of aryl methyl sites for hydroxylation is 1. The molecule has 2 N–H and O–H groups in total. The number of carbonyl (C=O) groups excluding carboxylic acids is 1. The molecule has 0 aromatic carbocycles. The van der Waals surface area contributed by atoms with Gasteiger partial charge in [0.2, 0.25) is 5.16 Å². The van der Waals surface area contributed by atoms with Crippen molar-refractivity contribution in [3.63, 3.8) is 0 Å². The first-order chi connectivity index (χ1) is 10.0. The predicted molar refractivity (Wildman–Crippen MR) is 84.4 cm³/mol. The van der Waals surface area contributed by atoms with Crippen LogP contribution in [0.15, 0.2) is 5.16 Å². The van der Waals surface area contributed by atoms with Crippen molar-refractivity contribution in [2.75, 3.05) is 18.9 Å². The van der Waals surface area contributed by atoms with Crippen LogP contribution in [-0.2, 0) is 9.53 Å². The number of aromatic amines is 1. The van der Waals surface area contributed by atoms with Gasteiger partial charge in [0.05, 0.1) is 6.61 Å². The molecule has 0 amide bonds. The van der Waals surface area contributed by atoms with Gasteiger partial charge in [0, 0.05) is 5.75 Å². The molecule has 1 aromatic heterocycles. The fraction of sp³-hybridized carbons (Fsp3) is 0.786. The Hall–Kier alpha value is -1.08. The summed E-state index contributed by atoms with van der Waals surface area (Å²) in [5.74, 6) is 1.52. The zero-order chi connectivity index (χ0) is 15.7. The Morgan fingerprint density at radius 1 is 1.48 bits per heavy atom. The van der Waals surface area contributed by atoms with E-state index < -0.39 is 5.54 Å². The highest BCUT2D eigenvalue weighted by molar-refractivity contribution is 7.99. The minimum atomic E-state index is -0.610. The number of esters is 1. The van der Waals surface area contributed by atoms with Gasteiger partial charge in [-0.05, 0) is 46.6 Å². The Morgan fingerprint density at radius 3 is 2.81 bits per heavy atom. The van der Waals surface area contributed by atoms with Gasteiger partial charge < -0.3 is 10.1 Å². The van der Waals surface area contributed by atoms with Gasteiger partial charge in [-0.15, -0.1) is 5.10 Å². The van der Waals surface area contributed by atoms with E-state index in [-0.39, 0.29) is 5.97 Å². The molecule has 0 saturated heterocycles. The van der Waals surface area contributed by atoms with E-state index in [2.05, 4.69) is 27.4 Å². The highest BCUT2D eigenvalue weighted by Gasteiger charge is 2.33. The lowest BCUT2D eigenvalue weighted by Gasteiger charge is -2.28. The van der Waals surface area contributed by atoms with Crippen molar-refractivity contribution < 1.29 is 9.53 Å². The third-order valence-electron chi connectivity index (χ3n) is 3.12. The van der Waals surface area contributed by atoms with Crippen molar-refractivity contribution in [2.45, 2.75) is 57.7 Å². The van der Waals surface area contributed by atoms with Crippen LogP contribution in [0.25, 0.3) is 0 Å². The van der Waals surface area contributed by atoms with E-state index >= 15 is 0 Å². The lowest BCUT2D eigenvalue weighted by Crippen LogP contribution is -2.50. The van der Waals surface area contributed by atoms with E-state index in [1.807, 2.05) is 20.8 Å². The number of hydrogen-bond acceptors (Lipinski definition) is 6. The molecule has 1 heterocycles. The van der Waals surface area contributed by atoms with E-state index in [9.17, 15) is 4.79 Å². The van der Waals surface area contributed by atoms with E-state index in [0.29, 0.717) is 6.61 Å². The summed E-state index contributed by atoms with van der Waals surface area (Å²) in [4.78, 5) is 16.4. The number of nitrogens with zero attached hydrogens (tertiary/aromatic N) is 2. The molecule has 0 aliphatic carbocycles. The Labute approximate surface area is 130 Å². The van der Waals surface area contributed by atoms with Gasteiger partial charge in [0.15, 0.2) is 0 Å². The molecule has 6 nitrogen and oxygen atoms in total. The molecule has 0 aliphatic rings. The van der Waals surface area contributed by atoms with Crippen molar-refractivity contribution in [2.24, 2.45) is 0 Å². The van der Waals surface area contributed by atoms with Crippen LogP contribution in [-0.4, -0.2) is 45.6 Å². The van der Waals surface area contributed by atoms with E-state index in [4.69, 9.17) is 4.74 Å². The van der Waals surface area contributed by atoms with Gasteiger partial charge in [-0.2, -0.15) is 0 Å². The molecule has 0 saturated carbocycles. The van der Waals surface area contributed by atoms with E-state index in [1.165, 1.54) is 0 Å². The van der Waals surface area contributed by atoms with Crippen LogP contribution in [0.4, 0.5) is 0 Å². The Bertz CT molecular complexity index is 438. The second-order valence-electron chi connectivity index (χ2n) is 5.13. The molecule has 7 heteroatoms. The van der Waals surface area contributed by atoms with Crippen molar-refractivity contribution in [1.29, 1.82) is 0 Å². The summed E-state index contributed by atoms with van der Waals surface area (Å²) in [5, 5.41) is 11.0. The fourth-order valence-electron chi connectivity index (χ4n) is 1.93. The number of thioether (sulfide) groups is 1. The van der Waals surface area contributed by atoms with Crippen LogP contribution >= 0.6 is 11.8 Å². The van der Waals surface area contributed by atoms with Gasteiger partial charge in [-0.1, -0.05) is 18.7 Å². The molecule has 0 fully saturated rings. The molecule has 1 aromatic rings. The number of aromatic nitrogens is 3. The molecule has 1 atom stereocenters. The third kappa shape index (κ3) is 6.05. The third-order valence-corrected chi connectivity index (χ3v) is 4.05. The van der Waals surface area contributed by atoms with Crippen LogP contribution in [0.3, 0.4) is 0 Å². The normalized spacial score (nSPS) is 13.9. The number of ether oxygens (including phenoxy) is 1. The highest BCUT2D eigenvalue weighted by atomic mass is 32.2. The Balaban J connectivity index is 2.43. The summed E-state index contributed by atoms with van der Waals surface area (Å²) < 4.78 is 5.18. The van der Waals surface area contributed by atoms with E-state index in [1.54, 1.807) is 11.8 Å². The Morgan fingerprint density at radius 2 is 2.24 bits per heavy atom. The standard InChI is InChI=1S/C14H26N4O2S/c1-5-9-15-14(4,12(19)20-6-2)8-7-10-21-13-16-11(3)17-18-13/h15H,5-10H2,1-4H3,(H,16,17,18). The minimum absolute atomic E-state index is 0.169. The van der Waals surface area contributed by atoms with Crippen LogP contribution in [0.1, 0.15) is 45.9 Å². The summed E-state index contributed by atoms with van der Waals surface area (Å²) in [6, 6.07) is 0. The largest absolute Gasteiger partial charge is 0.465 e. The first-order valence-corrected chi connectivity index (χ1v) is 8.44. The maximum Gasteiger partial charge on any atom is 0.326 e. The molecule has 0 bridgehead atoms. The molecular weight excluding hydrogens is 288 g/mol. The van der Waals surface area contributed by atoms with Gasteiger partial charge in [0.1, 0.15) is 11.4 Å². The number of hydrogen-bond donors (Lipinski definition) is 2. The monoisotopic (exact) mass is 314 g/mol. The highest BCUT2D eigenvalue weighted by Crippen LogP contribution is 2.20. The predicted octanol–water partition coefficient (Wildman–Crippen LogP) is 2.31. The van der Waals surface area contributed by atoms with Crippen molar-refractivity contribution in [1.82, 2.24) is 20.5 Å². The maximum atomic E-state index is 12.1. The summed E-state index contributed by atoms with van der Waals surface area (Å²) in [6.45, 7) is 8.93. The first-order valence-electron chi connectivity index (χ1n) is 7.46. The smallest absolute Gasteiger partial charge is 0.326 e. The molecule has 0 spiro atoms. The molecule has 1 unspecified atom stereocenters. The molecule has 0 radical (unpaired) electrons. The van der Waals surface area contributed by atoms with Crippen LogP contribution in [0, 0.1) is 6.92 Å². The quantitative estimate of drug-likeness (QED) is 0.392. The maximum absolute atomic E-state index is 12.1. The topological polar surface area (TPSA) is 79.9 Å². The average molecular weight is 314 g/mol. The van der Waals surface area contributed by atoms with Crippen molar-refractivity contribution in [3.8, 4) is 0 Å². The molecule has 120 valence electrons. The molecule has 0 aliphatic heterocycles. The van der Waals surface area contributed by atoms with Crippen molar-refractivity contribution >= 4 is 17.7 Å². The molecule has 1 rings (SSSR count). The van der Waals surface area contributed by atoms with Gasteiger partial charge >= 0.3 is 5.97 Å². The first kappa shape index (κ1) is 18.0. The second-order valence-corrected chi connectivity index (χ2v) is 6.20. The molecular formula is C14H26N4O2S. The zero-order valence-corrected chi connectivity index (χ0v) is 14.2. The SMILES string of the molecule is CCCNC(C)(CCCSc1n[nH]c(C)n1)C(=O)OCC. The van der Waals surface area contributed by atoms with Gasteiger partial charge in [0.25, 0.3) is 0 Å². The van der Waals surface area contributed by atoms with Gasteiger partial charge in [-0.25, -0.2) is 4.98 Å². The Kier molecular flexibility index (Phi) is 7.74. The fourth-order valence-corrected chi connectivity index (χ4v) is 2.71. The number of carbonyl (C=O) groups is 1. The number of rotatable bonds is 10. The summed E-state index contributed by atoms with van der Waals surface area (Å²) in [7, 11) is 0. The van der Waals surface area contributed by atoms with E-state index in [0.717, 1.165) is 42.5 Å². The lowest BCUT2D eigenvalue weighted by molar-refractivity contribution is -0.150. The summed E-state index contributed by atoms with van der Waals surface area (Å²) >= 11 is 1.60. The zero-order valence-electron chi connectivity index (χ0n) is 13.4. The summed E-state index contributed by atoms with van der Waals surface area (Å²) in [6.07, 6.45) is 2.62. The molecule has 21 heavy (non-hydrogen) atoms. The van der Waals surface area contributed by atoms with Crippen molar-refractivity contribution in [3.05, 3.63) is 5.82 Å². The number of H-pyrrole nitrogens is 1.